The molecule has 3 aromatic rings. The average molecular weight is 555 g/mol. The maximum Gasteiger partial charge on any atom is 0.00531 e. The standard InChI is InChI=1S/C39H55P/c1-8-9-10-11-12-16-27-40-36(31-19-23-34(24-20-31)38(2,3)4)28-33(30-17-14-13-15-18-30)29-37(40)32-21-25-35(26-22-32)39(5,6)7/h13-15,17-26,33,36-37H,8-12,16,27-29H2,1-7H3. The van der Waals surface area contributed by atoms with E-state index in [0.29, 0.717) is 17.2 Å². The van der Waals surface area contributed by atoms with Crippen LogP contribution in [0.1, 0.15) is 145 Å². The molecular formula is C39H55P. The normalized spacial score (nSPS) is 21.9. The lowest BCUT2D eigenvalue weighted by molar-refractivity contribution is 0.523. The minimum atomic E-state index is -0.168. The first-order chi connectivity index (χ1) is 19.1. The van der Waals surface area contributed by atoms with Crippen LogP contribution in [0.3, 0.4) is 0 Å². The summed E-state index contributed by atoms with van der Waals surface area (Å²) >= 11 is 0. The van der Waals surface area contributed by atoms with E-state index >= 15 is 0 Å². The van der Waals surface area contributed by atoms with Gasteiger partial charge in [0.05, 0.1) is 0 Å². The summed E-state index contributed by atoms with van der Waals surface area (Å²) in [5, 5.41) is 0. The van der Waals surface area contributed by atoms with Gasteiger partial charge in [0.25, 0.3) is 0 Å². The average Bonchev–Trinajstić information content (AvgIpc) is 2.94. The molecule has 1 aliphatic rings. The van der Waals surface area contributed by atoms with Crippen LogP contribution >= 0.6 is 7.92 Å². The van der Waals surface area contributed by atoms with Gasteiger partial charge in [-0.05, 0) is 70.0 Å². The van der Waals surface area contributed by atoms with Crippen LogP contribution in [-0.2, 0) is 10.8 Å². The van der Waals surface area contributed by atoms with E-state index in [1.165, 1.54) is 74.2 Å². The van der Waals surface area contributed by atoms with Crippen molar-refractivity contribution < 1.29 is 0 Å². The lowest BCUT2D eigenvalue weighted by Gasteiger charge is -2.44. The molecule has 0 aromatic heterocycles. The smallest absolute Gasteiger partial charge is 0.00531 e. The van der Waals surface area contributed by atoms with Gasteiger partial charge in [-0.1, -0.05) is 167 Å². The summed E-state index contributed by atoms with van der Waals surface area (Å²) in [6.07, 6.45) is 12.3. The highest BCUT2D eigenvalue weighted by atomic mass is 31.1. The van der Waals surface area contributed by atoms with Gasteiger partial charge in [0, 0.05) is 11.3 Å². The molecule has 0 aliphatic carbocycles. The Morgan fingerprint density at radius 3 is 1.45 bits per heavy atom. The van der Waals surface area contributed by atoms with Crippen LogP contribution in [0.2, 0.25) is 0 Å². The summed E-state index contributed by atoms with van der Waals surface area (Å²) in [7, 11) is -0.168. The SMILES string of the molecule is CCCCCCCCP1C(c2ccc(C(C)(C)C)cc2)CC(c2ccccc2)CC1c1ccc(C(C)(C)C)cc1. The van der Waals surface area contributed by atoms with Gasteiger partial charge in [-0.2, -0.15) is 0 Å². The highest BCUT2D eigenvalue weighted by Gasteiger charge is 2.39. The van der Waals surface area contributed by atoms with Gasteiger partial charge in [-0.3, -0.25) is 0 Å². The Kier molecular flexibility index (Phi) is 10.7. The van der Waals surface area contributed by atoms with Crippen LogP contribution in [0.4, 0.5) is 0 Å². The van der Waals surface area contributed by atoms with E-state index < -0.39 is 0 Å². The van der Waals surface area contributed by atoms with E-state index in [1.54, 1.807) is 11.1 Å². The van der Waals surface area contributed by atoms with Crippen molar-refractivity contribution in [1.29, 1.82) is 0 Å². The van der Waals surface area contributed by atoms with Gasteiger partial charge in [0.15, 0.2) is 0 Å². The van der Waals surface area contributed by atoms with Crippen molar-refractivity contribution in [2.75, 3.05) is 6.16 Å². The van der Waals surface area contributed by atoms with Crippen LogP contribution in [0.25, 0.3) is 0 Å². The topological polar surface area (TPSA) is 0 Å². The number of hydrogen-bond acceptors (Lipinski definition) is 0. The Hall–Kier alpha value is -1.91. The van der Waals surface area contributed by atoms with Gasteiger partial charge in [-0.25, -0.2) is 0 Å². The number of rotatable bonds is 10. The molecule has 216 valence electrons. The predicted octanol–water partition coefficient (Wildman–Crippen LogP) is 12.5. The molecule has 0 saturated carbocycles. The third-order valence-corrected chi connectivity index (χ3v) is 12.6. The molecule has 2 atom stereocenters. The molecule has 1 aliphatic heterocycles. The Bertz CT molecular complexity index is 1080. The van der Waals surface area contributed by atoms with E-state index in [2.05, 4.69) is 127 Å². The third kappa shape index (κ3) is 8.10. The number of benzene rings is 3. The van der Waals surface area contributed by atoms with Crippen molar-refractivity contribution in [2.45, 2.75) is 128 Å². The molecule has 0 nitrogen and oxygen atoms in total. The van der Waals surface area contributed by atoms with Gasteiger partial charge in [0.2, 0.25) is 0 Å². The van der Waals surface area contributed by atoms with E-state index in [-0.39, 0.29) is 18.8 Å². The molecule has 1 heteroatoms. The van der Waals surface area contributed by atoms with Crippen molar-refractivity contribution in [2.24, 2.45) is 0 Å². The Labute approximate surface area is 248 Å². The van der Waals surface area contributed by atoms with Gasteiger partial charge in [-0.15, -0.1) is 0 Å². The van der Waals surface area contributed by atoms with E-state index in [0.717, 1.165) is 0 Å². The Morgan fingerprint density at radius 2 is 1.00 bits per heavy atom. The summed E-state index contributed by atoms with van der Waals surface area (Å²) < 4.78 is 0. The first-order valence-electron chi connectivity index (χ1n) is 16.1. The van der Waals surface area contributed by atoms with E-state index in [9.17, 15) is 0 Å². The van der Waals surface area contributed by atoms with Gasteiger partial charge in [0.1, 0.15) is 0 Å². The lowest BCUT2D eigenvalue weighted by atomic mass is 9.83. The third-order valence-electron chi connectivity index (χ3n) is 9.18. The second-order valence-corrected chi connectivity index (χ2v) is 17.1. The largest absolute Gasteiger partial charge is 0.0913 e. The van der Waals surface area contributed by atoms with E-state index in [1.807, 2.05) is 0 Å². The minimum absolute atomic E-state index is 0.168. The fourth-order valence-electron chi connectivity index (χ4n) is 6.57. The van der Waals surface area contributed by atoms with Crippen molar-refractivity contribution in [3.63, 3.8) is 0 Å². The molecule has 1 fully saturated rings. The second kappa shape index (κ2) is 13.8. The van der Waals surface area contributed by atoms with Crippen LogP contribution in [0.15, 0.2) is 78.9 Å². The zero-order valence-electron chi connectivity index (χ0n) is 26.5. The molecule has 0 bridgehead atoms. The molecule has 40 heavy (non-hydrogen) atoms. The van der Waals surface area contributed by atoms with Crippen molar-refractivity contribution in [1.82, 2.24) is 0 Å². The zero-order valence-corrected chi connectivity index (χ0v) is 27.4. The van der Waals surface area contributed by atoms with Crippen LogP contribution in [-0.4, -0.2) is 6.16 Å². The van der Waals surface area contributed by atoms with Gasteiger partial charge < -0.3 is 0 Å². The van der Waals surface area contributed by atoms with Crippen LogP contribution in [0.5, 0.6) is 0 Å². The Balaban J connectivity index is 1.70. The molecular weight excluding hydrogens is 499 g/mol. The van der Waals surface area contributed by atoms with Crippen molar-refractivity contribution >= 4 is 7.92 Å². The highest BCUT2D eigenvalue weighted by Crippen LogP contribution is 2.70. The summed E-state index contributed by atoms with van der Waals surface area (Å²) in [4.78, 5) is 0. The first kappa shape index (κ1) is 31.0. The monoisotopic (exact) mass is 554 g/mol. The molecule has 2 unspecified atom stereocenters. The lowest BCUT2D eigenvalue weighted by Crippen LogP contribution is -2.20. The molecule has 1 saturated heterocycles. The first-order valence-corrected chi connectivity index (χ1v) is 17.8. The Morgan fingerprint density at radius 1 is 0.550 bits per heavy atom. The molecule has 3 aromatic carbocycles. The number of hydrogen-bond donors (Lipinski definition) is 0. The zero-order chi connectivity index (χ0) is 28.8. The molecule has 1 heterocycles. The van der Waals surface area contributed by atoms with Crippen molar-refractivity contribution in [3.8, 4) is 0 Å². The van der Waals surface area contributed by atoms with E-state index in [4.69, 9.17) is 0 Å². The highest BCUT2D eigenvalue weighted by molar-refractivity contribution is 7.58. The fraction of sp³-hybridized carbons (Fsp3) is 0.538. The fourth-order valence-corrected chi connectivity index (χ4v) is 10.4. The summed E-state index contributed by atoms with van der Waals surface area (Å²) in [5.41, 5.74) is 9.30. The predicted molar refractivity (Wildman–Crippen MR) is 179 cm³/mol. The molecule has 4 rings (SSSR count). The summed E-state index contributed by atoms with van der Waals surface area (Å²) in [6, 6.07) is 31.1. The molecule has 0 N–H and O–H groups in total. The molecule has 0 amide bonds. The maximum absolute atomic E-state index is 2.50. The van der Waals surface area contributed by atoms with Gasteiger partial charge >= 0.3 is 0 Å². The molecule has 0 radical (unpaired) electrons. The van der Waals surface area contributed by atoms with Crippen LogP contribution in [0, 0.1) is 0 Å². The maximum atomic E-state index is 2.50. The quantitative estimate of drug-likeness (QED) is 0.173. The molecule has 0 spiro atoms. The minimum Gasteiger partial charge on any atom is -0.0913 e. The summed E-state index contributed by atoms with van der Waals surface area (Å²) in [5.74, 6) is 0.615. The second-order valence-electron chi connectivity index (χ2n) is 14.4. The van der Waals surface area contributed by atoms with Crippen molar-refractivity contribution in [3.05, 3.63) is 107 Å². The van der Waals surface area contributed by atoms with Crippen LogP contribution < -0.4 is 0 Å². The number of unbranched alkanes of at least 4 members (excludes halogenated alkanes) is 5. The summed E-state index contributed by atoms with van der Waals surface area (Å²) in [6.45, 7) is 16.3.